The molecule has 128 valence electrons. The lowest BCUT2D eigenvalue weighted by atomic mass is 10.0. The number of hydrogen-bond donors (Lipinski definition) is 0. The van der Waals surface area contributed by atoms with Gasteiger partial charge in [0.05, 0.1) is 16.0 Å². The molecule has 0 radical (unpaired) electrons. The largest absolute Gasteiger partial charge is 0.370 e. The van der Waals surface area contributed by atoms with Crippen molar-refractivity contribution in [1.82, 2.24) is 9.88 Å². The van der Waals surface area contributed by atoms with E-state index in [2.05, 4.69) is 35.7 Å². The van der Waals surface area contributed by atoms with Gasteiger partial charge in [-0.3, -0.25) is 15.1 Å². The van der Waals surface area contributed by atoms with Crippen LogP contribution in [0.4, 0.5) is 11.4 Å². The molecule has 1 aromatic heterocycles. The fraction of sp³-hybridized carbons (Fsp3) is 0.500. The molecule has 1 saturated heterocycles. The summed E-state index contributed by atoms with van der Waals surface area (Å²) >= 11 is 0. The quantitative estimate of drug-likeness (QED) is 0.635. The van der Waals surface area contributed by atoms with Crippen molar-refractivity contribution in [2.75, 3.05) is 25.0 Å². The van der Waals surface area contributed by atoms with E-state index in [1.165, 1.54) is 0 Å². The Morgan fingerprint density at radius 3 is 2.62 bits per heavy atom. The zero-order valence-electron chi connectivity index (χ0n) is 14.5. The van der Waals surface area contributed by atoms with Crippen LogP contribution in [-0.4, -0.2) is 47.0 Å². The van der Waals surface area contributed by atoms with E-state index in [1.807, 2.05) is 6.07 Å². The van der Waals surface area contributed by atoms with E-state index >= 15 is 0 Å². The Hall–Kier alpha value is -2.21. The van der Waals surface area contributed by atoms with Crippen LogP contribution in [0.1, 0.15) is 26.7 Å². The van der Waals surface area contributed by atoms with Crippen LogP contribution in [0.3, 0.4) is 0 Å². The Kier molecular flexibility index (Phi) is 4.66. The average molecular weight is 328 g/mol. The molecular formula is C18H24N4O2. The fourth-order valence-corrected chi connectivity index (χ4v) is 3.57. The van der Waals surface area contributed by atoms with Crippen molar-refractivity contribution in [3.05, 3.63) is 40.6 Å². The zero-order chi connectivity index (χ0) is 17.3. The predicted octanol–water partition coefficient (Wildman–Crippen LogP) is 3.45. The molecule has 0 N–H and O–H groups in total. The normalized spacial score (nSPS) is 16.7. The average Bonchev–Trinajstić information content (AvgIpc) is 2.60. The van der Waals surface area contributed by atoms with Crippen LogP contribution in [0, 0.1) is 10.1 Å². The van der Waals surface area contributed by atoms with Gasteiger partial charge in [0.1, 0.15) is 5.52 Å². The van der Waals surface area contributed by atoms with E-state index < -0.39 is 0 Å². The van der Waals surface area contributed by atoms with Crippen LogP contribution in [0.2, 0.25) is 0 Å². The lowest BCUT2D eigenvalue weighted by Crippen LogP contribution is -2.45. The van der Waals surface area contributed by atoms with Crippen molar-refractivity contribution in [2.45, 2.75) is 38.8 Å². The summed E-state index contributed by atoms with van der Waals surface area (Å²) in [7, 11) is 2.07. The molecule has 1 aliphatic rings. The number of benzene rings is 1. The smallest absolute Gasteiger partial charge is 0.278 e. The van der Waals surface area contributed by atoms with Gasteiger partial charge in [0.2, 0.25) is 0 Å². The third-order valence-corrected chi connectivity index (χ3v) is 5.08. The highest BCUT2D eigenvalue weighted by Crippen LogP contribution is 2.33. The molecule has 1 aliphatic heterocycles. The maximum atomic E-state index is 11.3. The molecule has 6 heteroatoms. The molecule has 1 aromatic carbocycles. The van der Waals surface area contributed by atoms with Crippen LogP contribution < -0.4 is 4.90 Å². The summed E-state index contributed by atoms with van der Waals surface area (Å²) in [5.74, 6) is 0. The highest BCUT2D eigenvalue weighted by Gasteiger charge is 2.26. The van der Waals surface area contributed by atoms with E-state index in [0.29, 0.717) is 23.0 Å². The first kappa shape index (κ1) is 16.6. The summed E-state index contributed by atoms with van der Waals surface area (Å²) in [5, 5.41) is 11.9. The number of nitrogens with zero attached hydrogens (tertiary/aromatic N) is 4. The van der Waals surface area contributed by atoms with Gasteiger partial charge in [0.25, 0.3) is 5.69 Å². The van der Waals surface area contributed by atoms with Gasteiger partial charge in [0, 0.05) is 44.5 Å². The Labute approximate surface area is 142 Å². The van der Waals surface area contributed by atoms with E-state index in [4.69, 9.17) is 0 Å². The van der Waals surface area contributed by atoms with Gasteiger partial charge in [-0.25, -0.2) is 0 Å². The lowest BCUT2D eigenvalue weighted by molar-refractivity contribution is -0.383. The van der Waals surface area contributed by atoms with Crippen molar-refractivity contribution >= 4 is 22.3 Å². The number of pyridine rings is 1. The van der Waals surface area contributed by atoms with E-state index in [9.17, 15) is 10.1 Å². The number of nitro benzene ring substituents is 1. The van der Waals surface area contributed by atoms with Gasteiger partial charge in [-0.2, -0.15) is 0 Å². The second kappa shape index (κ2) is 6.73. The fourth-order valence-electron chi connectivity index (χ4n) is 3.57. The molecule has 0 atom stereocenters. The summed E-state index contributed by atoms with van der Waals surface area (Å²) < 4.78 is 0. The van der Waals surface area contributed by atoms with Gasteiger partial charge >= 0.3 is 0 Å². The maximum Gasteiger partial charge on any atom is 0.278 e. The summed E-state index contributed by atoms with van der Waals surface area (Å²) in [5.41, 5.74) is 1.80. The number of anilines is 1. The molecular weight excluding hydrogens is 304 g/mol. The van der Waals surface area contributed by atoms with Crippen LogP contribution in [-0.2, 0) is 0 Å². The van der Waals surface area contributed by atoms with Gasteiger partial charge in [-0.15, -0.1) is 0 Å². The maximum absolute atomic E-state index is 11.3. The highest BCUT2D eigenvalue weighted by atomic mass is 16.6. The standard InChI is InChI=1S/C18H24N4O2/c1-13(2)21-11-8-14(9-12-21)20(3)17-7-6-16(22(23)24)15-5-4-10-19-18(15)17/h4-7,10,13-14H,8-9,11-12H2,1-3H3. The van der Waals surface area contributed by atoms with Crippen LogP contribution in [0.15, 0.2) is 30.5 Å². The summed E-state index contributed by atoms with van der Waals surface area (Å²) in [6, 6.07) is 7.98. The summed E-state index contributed by atoms with van der Waals surface area (Å²) in [6.45, 7) is 6.64. The van der Waals surface area contributed by atoms with Gasteiger partial charge in [-0.1, -0.05) is 0 Å². The van der Waals surface area contributed by atoms with E-state index in [-0.39, 0.29) is 10.6 Å². The minimum absolute atomic E-state index is 0.116. The Bertz CT molecular complexity index is 739. The number of rotatable bonds is 4. The number of piperidine rings is 1. The molecule has 0 amide bonds. The van der Waals surface area contributed by atoms with E-state index in [1.54, 1.807) is 24.4 Å². The van der Waals surface area contributed by atoms with E-state index in [0.717, 1.165) is 31.6 Å². The molecule has 0 spiro atoms. The summed E-state index contributed by atoms with van der Waals surface area (Å²) in [6.07, 6.45) is 3.89. The first-order valence-corrected chi connectivity index (χ1v) is 8.48. The third-order valence-electron chi connectivity index (χ3n) is 5.08. The minimum atomic E-state index is -0.338. The number of aromatic nitrogens is 1. The molecule has 1 fully saturated rings. The number of hydrogen-bond acceptors (Lipinski definition) is 5. The van der Waals surface area contributed by atoms with Crippen LogP contribution in [0.5, 0.6) is 0 Å². The summed E-state index contributed by atoms with van der Waals surface area (Å²) in [4.78, 5) is 20.1. The number of nitro groups is 1. The topological polar surface area (TPSA) is 62.5 Å². The van der Waals surface area contributed by atoms with Gasteiger partial charge in [0.15, 0.2) is 0 Å². The monoisotopic (exact) mass is 328 g/mol. The van der Waals surface area contributed by atoms with Gasteiger partial charge in [-0.05, 0) is 44.9 Å². The first-order chi connectivity index (χ1) is 11.5. The van der Waals surface area contributed by atoms with Crippen molar-refractivity contribution < 1.29 is 4.92 Å². The van der Waals surface area contributed by atoms with Crippen molar-refractivity contribution in [1.29, 1.82) is 0 Å². The Morgan fingerprint density at radius 2 is 2.00 bits per heavy atom. The number of fused-ring (bicyclic) bond motifs is 1. The second-order valence-corrected chi connectivity index (χ2v) is 6.73. The second-order valence-electron chi connectivity index (χ2n) is 6.73. The molecule has 0 saturated carbocycles. The van der Waals surface area contributed by atoms with Crippen molar-refractivity contribution in [3.8, 4) is 0 Å². The molecule has 24 heavy (non-hydrogen) atoms. The number of non-ortho nitro benzene ring substituents is 1. The minimum Gasteiger partial charge on any atom is -0.370 e. The lowest BCUT2D eigenvalue weighted by Gasteiger charge is -2.39. The van der Waals surface area contributed by atoms with Gasteiger partial charge < -0.3 is 9.80 Å². The van der Waals surface area contributed by atoms with Crippen LogP contribution in [0.25, 0.3) is 10.9 Å². The molecule has 0 aliphatic carbocycles. The third kappa shape index (κ3) is 3.06. The molecule has 2 aromatic rings. The zero-order valence-corrected chi connectivity index (χ0v) is 14.5. The molecule has 3 rings (SSSR count). The van der Waals surface area contributed by atoms with Crippen LogP contribution >= 0.6 is 0 Å². The predicted molar refractivity (Wildman–Crippen MR) is 96.5 cm³/mol. The van der Waals surface area contributed by atoms with Crippen molar-refractivity contribution in [3.63, 3.8) is 0 Å². The van der Waals surface area contributed by atoms with Crippen molar-refractivity contribution in [2.24, 2.45) is 0 Å². The SMILES string of the molecule is CC(C)N1CCC(N(C)c2ccc([N+](=O)[O-])c3cccnc23)CC1. The molecule has 0 bridgehead atoms. The highest BCUT2D eigenvalue weighted by molar-refractivity contribution is 5.97. The first-order valence-electron chi connectivity index (χ1n) is 8.48. The number of likely N-dealkylation sites (tertiary alicyclic amines) is 1. The molecule has 0 unspecified atom stereocenters. The molecule has 2 heterocycles. The Morgan fingerprint density at radius 1 is 1.29 bits per heavy atom. The molecule has 6 nitrogen and oxygen atoms in total. The Balaban J connectivity index is 1.90.